The molecule has 0 saturated carbocycles. The standard InChI is InChI=1S/C20H18BrClN4O/c1-13(27)25-8-10-26(11-9-25)20-23-18-7-6-14(21)12-16(18)19(24-20)15-4-2-3-5-17(15)22/h2-7,12H,8-11H2,1H3. The van der Waals surface area contributed by atoms with Crippen LogP contribution in [0.2, 0.25) is 5.02 Å². The highest BCUT2D eigenvalue weighted by Crippen LogP contribution is 2.34. The van der Waals surface area contributed by atoms with E-state index in [1.807, 2.05) is 47.4 Å². The van der Waals surface area contributed by atoms with Crippen LogP contribution in [0.15, 0.2) is 46.9 Å². The molecule has 4 rings (SSSR count). The zero-order valence-corrected chi connectivity index (χ0v) is 17.2. The monoisotopic (exact) mass is 444 g/mol. The van der Waals surface area contributed by atoms with E-state index in [1.54, 1.807) is 6.92 Å². The fourth-order valence-corrected chi connectivity index (χ4v) is 3.90. The number of carbonyl (C=O) groups is 1. The summed E-state index contributed by atoms with van der Waals surface area (Å²) in [7, 11) is 0. The molecule has 1 aliphatic heterocycles. The van der Waals surface area contributed by atoms with E-state index in [-0.39, 0.29) is 5.91 Å². The van der Waals surface area contributed by atoms with E-state index in [1.165, 1.54) is 0 Å². The fraction of sp³-hybridized carbons (Fsp3) is 0.250. The molecular weight excluding hydrogens is 428 g/mol. The van der Waals surface area contributed by atoms with Crippen molar-refractivity contribution in [1.29, 1.82) is 0 Å². The van der Waals surface area contributed by atoms with Crippen molar-refractivity contribution in [2.75, 3.05) is 31.1 Å². The van der Waals surface area contributed by atoms with E-state index in [4.69, 9.17) is 21.6 Å². The van der Waals surface area contributed by atoms with Gasteiger partial charge >= 0.3 is 0 Å². The van der Waals surface area contributed by atoms with Gasteiger partial charge in [0, 0.05) is 53.5 Å². The number of amides is 1. The Labute approximate surface area is 171 Å². The zero-order valence-electron chi connectivity index (χ0n) is 14.8. The Bertz CT molecular complexity index is 1020. The lowest BCUT2D eigenvalue weighted by Crippen LogP contribution is -2.48. The minimum atomic E-state index is 0.107. The SMILES string of the molecule is CC(=O)N1CCN(c2nc(-c3ccccc3Cl)c3cc(Br)ccc3n2)CC1. The lowest BCUT2D eigenvalue weighted by molar-refractivity contribution is -0.129. The van der Waals surface area contributed by atoms with Gasteiger partial charge in [-0.05, 0) is 24.3 Å². The Kier molecular flexibility index (Phi) is 5.02. The van der Waals surface area contributed by atoms with Crippen LogP contribution < -0.4 is 4.90 Å². The van der Waals surface area contributed by atoms with Gasteiger partial charge in [0.2, 0.25) is 11.9 Å². The molecule has 0 radical (unpaired) electrons. The minimum absolute atomic E-state index is 0.107. The molecule has 1 amide bonds. The number of halogens is 2. The molecule has 2 heterocycles. The molecule has 0 aliphatic carbocycles. The molecule has 0 atom stereocenters. The first-order valence-electron chi connectivity index (χ1n) is 8.75. The van der Waals surface area contributed by atoms with Crippen LogP contribution in [0.4, 0.5) is 5.95 Å². The van der Waals surface area contributed by atoms with Crippen LogP contribution in [0.1, 0.15) is 6.92 Å². The van der Waals surface area contributed by atoms with E-state index in [2.05, 4.69) is 20.8 Å². The van der Waals surface area contributed by atoms with Crippen LogP contribution in [0.3, 0.4) is 0 Å². The maximum absolute atomic E-state index is 11.6. The summed E-state index contributed by atoms with van der Waals surface area (Å²) in [4.78, 5) is 25.2. The number of fused-ring (bicyclic) bond motifs is 1. The van der Waals surface area contributed by atoms with Gasteiger partial charge < -0.3 is 9.80 Å². The molecule has 1 fully saturated rings. The quantitative estimate of drug-likeness (QED) is 0.587. The molecule has 138 valence electrons. The molecule has 0 unspecified atom stereocenters. The molecule has 1 aromatic heterocycles. The summed E-state index contributed by atoms with van der Waals surface area (Å²) in [5, 5.41) is 1.61. The van der Waals surface area contributed by atoms with Crippen LogP contribution in [0.5, 0.6) is 0 Å². The summed E-state index contributed by atoms with van der Waals surface area (Å²) < 4.78 is 0.967. The Morgan fingerprint density at radius 1 is 1.07 bits per heavy atom. The molecular formula is C20H18BrClN4O. The van der Waals surface area contributed by atoms with Crippen molar-refractivity contribution in [3.05, 3.63) is 52.0 Å². The van der Waals surface area contributed by atoms with E-state index in [0.29, 0.717) is 37.1 Å². The zero-order chi connectivity index (χ0) is 19.0. The molecule has 0 bridgehead atoms. The van der Waals surface area contributed by atoms with Crippen molar-refractivity contribution in [3.8, 4) is 11.3 Å². The molecule has 27 heavy (non-hydrogen) atoms. The fourth-order valence-electron chi connectivity index (χ4n) is 3.31. The van der Waals surface area contributed by atoms with E-state index >= 15 is 0 Å². The van der Waals surface area contributed by atoms with Crippen LogP contribution >= 0.6 is 27.5 Å². The smallest absolute Gasteiger partial charge is 0.226 e. The predicted molar refractivity (Wildman–Crippen MR) is 112 cm³/mol. The van der Waals surface area contributed by atoms with E-state index < -0.39 is 0 Å². The van der Waals surface area contributed by atoms with Gasteiger partial charge in [-0.25, -0.2) is 9.97 Å². The summed E-state index contributed by atoms with van der Waals surface area (Å²) >= 11 is 10.00. The van der Waals surface area contributed by atoms with Gasteiger partial charge in [-0.3, -0.25) is 4.79 Å². The normalized spacial score (nSPS) is 14.6. The van der Waals surface area contributed by atoms with Gasteiger partial charge in [0.1, 0.15) is 0 Å². The van der Waals surface area contributed by atoms with Gasteiger partial charge in [-0.15, -0.1) is 0 Å². The molecule has 1 aliphatic rings. The number of nitrogens with zero attached hydrogens (tertiary/aromatic N) is 4. The van der Waals surface area contributed by atoms with Gasteiger partial charge in [-0.2, -0.15) is 0 Å². The van der Waals surface area contributed by atoms with Gasteiger partial charge in [0.05, 0.1) is 11.2 Å². The van der Waals surface area contributed by atoms with E-state index in [0.717, 1.165) is 26.6 Å². The van der Waals surface area contributed by atoms with Crippen molar-refractivity contribution in [2.24, 2.45) is 0 Å². The average molecular weight is 446 g/mol. The number of hydrogen-bond acceptors (Lipinski definition) is 4. The summed E-state index contributed by atoms with van der Waals surface area (Å²) in [6.45, 7) is 4.39. The number of anilines is 1. The molecule has 7 heteroatoms. The third-order valence-electron chi connectivity index (χ3n) is 4.78. The summed E-state index contributed by atoms with van der Waals surface area (Å²) in [5.74, 6) is 0.777. The highest BCUT2D eigenvalue weighted by molar-refractivity contribution is 9.10. The Morgan fingerprint density at radius 3 is 2.52 bits per heavy atom. The third-order valence-corrected chi connectivity index (χ3v) is 5.61. The second kappa shape index (κ2) is 7.44. The van der Waals surface area contributed by atoms with Crippen LogP contribution in [-0.2, 0) is 4.79 Å². The minimum Gasteiger partial charge on any atom is -0.339 e. The molecule has 0 spiro atoms. The van der Waals surface area contributed by atoms with Crippen molar-refractivity contribution in [2.45, 2.75) is 6.92 Å². The van der Waals surface area contributed by atoms with Gasteiger partial charge in [0.25, 0.3) is 0 Å². The van der Waals surface area contributed by atoms with Crippen molar-refractivity contribution in [3.63, 3.8) is 0 Å². The second-order valence-electron chi connectivity index (χ2n) is 6.51. The van der Waals surface area contributed by atoms with Crippen molar-refractivity contribution >= 4 is 50.3 Å². The number of rotatable bonds is 2. The molecule has 1 saturated heterocycles. The second-order valence-corrected chi connectivity index (χ2v) is 7.83. The maximum Gasteiger partial charge on any atom is 0.226 e. The van der Waals surface area contributed by atoms with Crippen molar-refractivity contribution < 1.29 is 4.79 Å². The number of piperazine rings is 1. The molecule has 3 aromatic rings. The Hall–Kier alpha value is -2.18. The average Bonchev–Trinajstić information content (AvgIpc) is 2.68. The number of carbonyl (C=O) groups excluding carboxylic acids is 1. The first kappa shape index (κ1) is 18.2. The number of hydrogen-bond donors (Lipinski definition) is 0. The molecule has 5 nitrogen and oxygen atoms in total. The van der Waals surface area contributed by atoms with Crippen LogP contribution in [0.25, 0.3) is 22.2 Å². The van der Waals surface area contributed by atoms with Crippen LogP contribution in [0, 0.1) is 0 Å². The summed E-state index contributed by atoms with van der Waals surface area (Å²) in [6, 6.07) is 13.7. The Balaban J connectivity index is 1.81. The van der Waals surface area contributed by atoms with Crippen molar-refractivity contribution in [1.82, 2.24) is 14.9 Å². The number of aromatic nitrogens is 2. The van der Waals surface area contributed by atoms with Crippen LogP contribution in [-0.4, -0.2) is 47.0 Å². The first-order valence-corrected chi connectivity index (χ1v) is 9.92. The maximum atomic E-state index is 11.6. The lowest BCUT2D eigenvalue weighted by Gasteiger charge is -2.34. The topological polar surface area (TPSA) is 49.3 Å². The van der Waals surface area contributed by atoms with Gasteiger partial charge in [-0.1, -0.05) is 45.7 Å². The number of benzene rings is 2. The Morgan fingerprint density at radius 2 is 1.81 bits per heavy atom. The lowest BCUT2D eigenvalue weighted by atomic mass is 10.1. The third kappa shape index (κ3) is 3.64. The first-order chi connectivity index (χ1) is 13.0. The molecule has 0 N–H and O–H groups in total. The summed E-state index contributed by atoms with van der Waals surface area (Å²) in [6.07, 6.45) is 0. The van der Waals surface area contributed by atoms with E-state index in [9.17, 15) is 4.79 Å². The molecule has 2 aromatic carbocycles. The highest BCUT2D eigenvalue weighted by Gasteiger charge is 2.22. The predicted octanol–water partition coefficient (Wildman–Crippen LogP) is 4.38. The van der Waals surface area contributed by atoms with Gasteiger partial charge in [0.15, 0.2) is 0 Å². The largest absolute Gasteiger partial charge is 0.339 e. The highest BCUT2D eigenvalue weighted by atomic mass is 79.9. The summed E-state index contributed by atoms with van der Waals surface area (Å²) in [5.41, 5.74) is 2.57.